The van der Waals surface area contributed by atoms with Gasteiger partial charge in [-0.25, -0.2) is 5.43 Å². The van der Waals surface area contributed by atoms with E-state index in [0.29, 0.717) is 10.3 Å². The average molecular weight is 442 g/mol. The first-order valence-electron chi connectivity index (χ1n) is 10.4. The Morgan fingerprint density at radius 2 is 1.73 bits per heavy atom. The van der Waals surface area contributed by atoms with Crippen molar-refractivity contribution in [2.45, 2.75) is 23.8 Å². The minimum atomic E-state index is -0.276. The van der Waals surface area contributed by atoms with E-state index in [0.717, 1.165) is 18.7 Å². The molecular weight excluding hydrogens is 414 g/mol. The van der Waals surface area contributed by atoms with Crippen LogP contribution in [0, 0.1) is 0 Å². The summed E-state index contributed by atoms with van der Waals surface area (Å²) in [7, 11) is 0. The third-order valence-corrected chi connectivity index (χ3v) is 8.27. The summed E-state index contributed by atoms with van der Waals surface area (Å²) in [6.45, 7) is 2.20. The SMILES string of the molecule is O=C(COc1ccc(C2SCCS2)cc1)N/N=C\c1ccc(N2CCCCC2)cc1. The molecule has 0 aromatic heterocycles. The van der Waals surface area contributed by atoms with Crippen LogP contribution in [0.15, 0.2) is 53.6 Å². The standard InChI is InChI=1S/C23H27N3O2S2/c27-22(17-28-21-10-6-19(7-11-21)23-29-14-15-30-23)25-24-16-18-4-8-20(9-5-18)26-12-2-1-3-13-26/h4-11,16,23H,1-3,12-15,17H2,(H,25,27)/b24-16-. The van der Waals surface area contributed by atoms with Crippen LogP contribution in [0.4, 0.5) is 5.69 Å². The minimum absolute atomic E-state index is 0.0580. The van der Waals surface area contributed by atoms with Gasteiger partial charge in [-0.2, -0.15) is 5.10 Å². The molecule has 2 heterocycles. The molecule has 0 saturated carbocycles. The fourth-order valence-electron chi connectivity index (χ4n) is 3.56. The second-order valence-corrected chi connectivity index (χ2v) is 10.1. The zero-order valence-corrected chi connectivity index (χ0v) is 18.6. The highest BCUT2D eigenvalue weighted by Crippen LogP contribution is 2.45. The van der Waals surface area contributed by atoms with Gasteiger partial charge in [-0.05, 0) is 54.7 Å². The van der Waals surface area contributed by atoms with Crippen molar-refractivity contribution >= 4 is 41.3 Å². The minimum Gasteiger partial charge on any atom is -0.484 e. The molecule has 2 aliphatic heterocycles. The highest BCUT2D eigenvalue weighted by atomic mass is 32.2. The number of thioether (sulfide) groups is 2. The number of hydrazone groups is 1. The number of nitrogens with one attached hydrogen (secondary N) is 1. The van der Waals surface area contributed by atoms with Gasteiger partial charge in [0.15, 0.2) is 6.61 Å². The number of hydrogen-bond donors (Lipinski definition) is 1. The lowest BCUT2D eigenvalue weighted by atomic mass is 10.1. The van der Waals surface area contributed by atoms with E-state index >= 15 is 0 Å². The molecule has 0 atom stereocenters. The Kier molecular flexibility index (Phi) is 7.59. The normalized spacial score (nSPS) is 17.4. The topological polar surface area (TPSA) is 53.9 Å². The predicted molar refractivity (Wildman–Crippen MR) is 128 cm³/mol. The van der Waals surface area contributed by atoms with Crippen LogP contribution in [0.2, 0.25) is 0 Å². The quantitative estimate of drug-likeness (QED) is 0.499. The van der Waals surface area contributed by atoms with Crippen molar-refractivity contribution in [3.63, 3.8) is 0 Å². The van der Waals surface area contributed by atoms with E-state index in [9.17, 15) is 4.79 Å². The molecule has 0 unspecified atom stereocenters. The van der Waals surface area contributed by atoms with Crippen LogP contribution in [-0.4, -0.2) is 43.3 Å². The van der Waals surface area contributed by atoms with Gasteiger partial charge in [-0.1, -0.05) is 24.3 Å². The number of ether oxygens (including phenoxy) is 1. The molecule has 0 spiro atoms. The van der Waals surface area contributed by atoms with E-state index in [1.807, 2.05) is 47.8 Å². The van der Waals surface area contributed by atoms with Crippen molar-refractivity contribution in [3.8, 4) is 5.75 Å². The first-order chi connectivity index (χ1) is 14.8. The summed E-state index contributed by atoms with van der Waals surface area (Å²) in [6, 6.07) is 16.3. The van der Waals surface area contributed by atoms with E-state index in [4.69, 9.17) is 4.74 Å². The first kappa shape index (κ1) is 21.1. The third kappa shape index (κ3) is 5.95. The Bertz CT molecular complexity index is 844. The Morgan fingerprint density at radius 1 is 1.03 bits per heavy atom. The molecule has 4 rings (SSSR count). The van der Waals surface area contributed by atoms with Gasteiger partial charge in [0.05, 0.1) is 10.8 Å². The maximum atomic E-state index is 12.0. The molecule has 2 aliphatic rings. The molecule has 1 N–H and O–H groups in total. The number of rotatable bonds is 7. The summed E-state index contributed by atoms with van der Waals surface area (Å²) >= 11 is 3.95. The zero-order chi connectivity index (χ0) is 20.6. The van der Waals surface area contributed by atoms with Gasteiger partial charge < -0.3 is 9.64 Å². The summed E-state index contributed by atoms with van der Waals surface area (Å²) in [4.78, 5) is 14.4. The van der Waals surface area contributed by atoms with Crippen LogP contribution in [-0.2, 0) is 4.79 Å². The second kappa shape index (κ2) is 10.8. The van der Waals surface area contributed by atoms with Gasteiger partial charge in [0.2, 0.25) is 0 Å². The first-order valence-corrected chi connectivity index (χ1v) is 12.5. The van der Waals surface area contributed by atoms with Crippen molar-refractivity contribution in [3.05, 3.63) is 59.7 Å². The maximum absolute atomic E-state index is 12.0. The van der Waals surface area contributed by atoms with Crippen LogP contribution >= 0.6 is 23.5 Å². The van der Waals surface area contributed by atoms with Crippen molar-refractivity contribution in [1.82, 2.24) is 5.43 Å². The monoisotopic (exact) mass is 441 g/mol. The van der Waals surface area contributed by atoms with E-state index < -0.39 is 0 Å². The number of benzene rings is 2. The molecular formula is C23H27N3O2S2. The van der Waals surface area contributed by atoms with Gasteiger partial charge in [0, 0.05) is 30.3 Å². The van der Waals surface area contributed by atoms with E-state index in [1.54, 1.807) is 6.21 Å². The Balaban J connectivity index is 1.20. The number of hydrogen-bond acceptors (Lipinski definition) is 6. The Labute approximate surface area is 186 Å². The Morgan fingerprint density at radius 3 is 2.43 bits per heavy atom. The fourth-order valence-corrected chi connectivity index (χ4v) is 6.41. The van der Waals surface area contributed by atoms with Crippen LogP contribution in [0.3, 0.4) is 0 Å². The van der Waals surface area contributed by atoms with E-state index in [1.165, 1.54) is 42.0 Å². The smallest absolute Gasteiger partial charge is 0.277 e. The largest absolute Gasteiger partial charge is 0.484 e. The molecule has 2 saturated heterocycles. The molecule has 30 heavy (non-hydrogen) atoms. The second-order valence-electron chi connectivity index (χ2n) is 7.36. The van der Waals surface area contributed by atoms with Gasteiger partial charge in [-0.3, -0.25) is 4.79 Å². The predicted octanol–water partition coefficient (Wildman–Crippen LogP) is 4.68. The molecule has 2 aromatic carbocycles. The third-order valence-electron chi connectivity index (χ3n) is 5.16. The lowest BCUT2D eigenvalue weighted by molar-refractivity contribution is -0.123. The van der Waals surface area contributed by atoms with Crippen LogP contribution in [0.25, 0.3) is 0 Å². The average Bonchev–Trinajstić information content (AvgIpc) is 3.34. The van der Waals surface area contributed by atoms with Crippen LogP contribution < -0.4 is 15.1 Å². The number of carbonyl (C=O) groups excluding carboxylic acids is 1. The number of carbonyl (C=O) groups is 1. The van der Waals surface area contributed by atoms with Crippen molar-refractivity contribution in [1.29, 1.82) is 0 Å². The maximum Gasteiger partial charge on any atom is 0.277 e. The summed E-state index contributed by atoms with van der Waals surface area (Å²) in [6.07, 6.45) is 5.51. The van der Waals surface area contributed by atoms with Crippen LogP contribution in [0.1, 0.15) is 35.0 Å². The van der Waals surface area contributed by atoms with Crippen molar-refractivity contribution < 1.29 is 9.53 Å². The molecule has 0 radical (unpaired) electrons. The van der Waals surface area contributed by atoms with Gasteiger partial charge in [-0.15, -0.1) is 23.5 Å². The lowest BCUT2D eigenvalue weighted by Crippen LogP contribution is -2.29. The summed E-state index contributed by atoms with van der Waals surface area (Å²) in [5.74, 6) is 2.83. The zero-order valence-electron chi connectivity index (χ0n) is 17.0. The number of nitrogens with zero attached hydrogens (tertiary/aromatic N) is 2. The molecule has 1 amide bonds. The highest BCUT2D eigenvalue weighted by Gasteiger charge is 2.18. The fraction of sp³-hybridized carbons (Fsp3) is 0.391. The number of piperidine rings is 1. The number of anilines is 1. The highest BCUT2D eigenvalue weighted by molar-refractivity contribution is 8.19. The molecule has 158 valence electrons. The van der Waals surface area contributed by atoms with Gasteiger partial charge in [0.1, 0.15) is 5.75 Å². The van der Waals surface area contributed by atoms with Crippen LogP contribution in [0.5, 0.6) is 5.75 Å². The molecule has 2 aromatic rings. The number of amides is 1. The van der Waals surface area contributed by atoms with Gasteiger partial charge in [0.25, 0.3) is 5.91 Å². The van der Waals surface area contributed by atoms with E-state index in [-0.39, 0.29) is 12.5 Å². The molecule has 2 fully saturated rings. The molecule has 7 heteroatoms. The van der Waals surface area contributed by atoms with E-state index in [2.05, 4.69) is 39.7 Å². The summed E-state index contributed by atoms with van der Waals surface area (Å²) in [5, 5.41) is 4.04. The molecule has 0 bridgehead atoms. The Hall–Kier alpha value is -2.12. The lowest BCUT2D eigenvalue weighted by Gasteiger charge is -2.28. The summed E-state index contributed by atoms with van der Waals surface area (Å²) in [5.41, 5.74) is 6.03. The van der Waals surface area contributed by atoms with Crippen molar-refractivity contribution in [2.75, 3.05) is 36.1 Å². The van der Waals surface area contributed by atoms with Gasteiger partial charge >= 0.3 is 0 Å². The summed E-state index contributed by atoms with van der Waals surface area (Å²) < 4.78 is 6.09. The molecule has 5 nitrogen and oxygen atoms in total. The molecule has 0 aliphatic carbocycles. The van der Waals surface area contributed by atoms with Crippen molar-refractivity contribution in [2.24, 2.45) is 5.10 Å².